The second-order valence-electron chi connectivity index (χ2n) is 6.96. The number of carbonyl (C=O) groups excluding carboxylic acids is 1. The number of hydrogen-bond acceptors (Lipinski definition) is 4. The monoisotopic (exact) mass is 429 g/mol. The third kappa shape index (κ3) is 5.27. The molecular weight excluding hydrogens is 410 g/mol. The van der Waals surface area contributed by atoms with E-state index in [0.717, 1.165) is 5.56 Å². The highest BCUT2D eigenvalue weighted by atomic mass is 35.5. The van der Waals surface area contributed by atoms with E-state index in [2.05, 4.69) is 15.3 Å². The van der Waals surface area contributed by atoms with Crippen molar-refractivity contribution in [3.05, 3.63) is 113 Å². The Morgan fingerprint density at radius 1 is 1.00 bits per heavy atom. The zero-order chi connectivity index (χ0) is 21.6. The molecule has 0 unspecified atom stereocenters. The first-order valence-corrected chi connectivity index (χ1v) is 10.2. The second kappa shape index (κ2) is 9.41. The Kier molecular flexibility index (Phi) is 6.24. The van der Waals surface area contributed by atoms with E-state index in [1.807, 2.05) is 60.7 Å². The summed E-state index contributed by atoms with van der Waals surface area (Å²) in [7, 11) is 0. The van der Waals surface area contributed by atoms with Crippen molar-refractivity contribution in [1.29, 1.82) is 0 Å². The van der Waals surface area contributed by atoms with E-state index < -0.39 is 0 Å². The molecule has 0 aliphatic carbocycles. The fourth-order valence-corrected chi connectivity index (χ4v) is 3.27. The Bertz CT molecular complexity index is 1200. The van der Waals surface area contributed by atoms with Crippen LogP contribution in [0.25, 0.3) is 0 Å². The van der Waals surface area contributed by atoms with Crippen LogP contribution in [0.15, 0.2) is 85.1 Å². The van der Waals surface area contributed by atoms with E-state index in [1.165, 1.54) is 0 Å². The van der Waals surface area contributed by atoms with Crippen LogP contribution in [-0.2, 0) is 6.42 Å². The highest BCUT2D eigenvalue weighted by molar-refractivity contribution is 6.31. The highest BCUT2D eigenvalue weighted by Gasteiger charge is 2.15. The summed E-state index contributed by atoms with van der Waals surface area (Å²) in [6, 6.07) is 24.4. The first-order valence-electron chi connectivity index (χ1n) is 9.79. The Balaban J connectivity index is 1.53. The quantitative estimate of drug-likeness (QED) is 0.403. The lowest BCUT2D eigenvalue weighted by atomic mass is 10.1. The number of aromatic nitrogens is 2. The molecule has 0 spiro atoms. The maximum absolute atomic E-state index is 12.9. The highest BCUT2D eigenvalue weighted by Crippen LogP contribution is 2.32. The number of carbonyl (C=O) groups is 1. The summed E-state index contributed by atoms with van der Waals surface area (Å²) in [6.45, 7) is 1.80. The van der Waals surface area contributed by atoms with Gasteiger partial charge in [-0.15, -0.1) is 0 Å². The van der Waals surface area contributed by atoms with E-state index in [1.54, 1.807) is 31.3 Å². The van der Waals surface area contributed by atoms with Gasteiger partial charge in [0.15, 0.2) is 5.75 Å². The molecule has 3 aromatic carbocycles. The third-order valence-corrected chi connectivity index (χ3v) is 4.87. The van der Waals surface area contributed by atoms with Crippen LogP contribution >= 0.6 is 11.6 Å². The molecule has 154 valence electrons. The SMILES string of the molecule is Cc1nc(Cc2ccccc2)ncc1C(=O)Nc1cc(Cl)ccc1Oc1ccccc1. The van der Waals surface area contributed by atoms with Gasteiger partial charge in [0.1, 0.15) is 11.6 Å². The molecule has 1 heterocycles. The van der Waals surface area contributed by atoms with Gasteiger partial charge in [0, 0.05) is 17.6 Å². The minimum Gasteiger partial charge on any atom is -0.455 e. The number of hydrogen-bond donors (Lipinski definition) is 1. The number of halogens is 1. The molecule has 1 amide bonds. The van der Waals surface area contributed by atoms with Crippen molar-refractivity contribution in [3.8, 4) is 11.5 Å². The summed E-state index contributed by atoms with van der Waals surface area (Å²) in [5.74, 6) is 1.48. The lowest BCUT2D eigenvalue weighted by Gasteiger charge is -2.13. The molecule has 0 bridgehead atoms. The molecule has 0 radical (unpaired) electrons. The van der Waals surface area contributed by atoms with Crippen LogP contribution in [0.3, 0.4) is 0 Å². The number of nitrogens with zero attached hydrogens (tertiary/aromatic N) is 2. The number of ether oxygens (including phenoxy) is 1. The summed E-state index contributed by atoms with van der Waals surface area (Å²) in [6.07, 6.45) is 2.16. The molecular formula is C25H20ClN3O2. The van der Waals surface area contributed by atoms with E-state index in [-0.39, 0.29) is 5.91 Å². The van der Waals surface area contributed by atoms with Crippen molar-refractivity contribution in [1.82, 2.24) is 9.97 Å². The average molecular weight is 430 g/mol. The van der Waals surface area contributed by atoms with Crippen molar-refractivity contribution >= 4 is 23.2 Å². The van der Waals surface area contributed by atoms with Crippen molar-refractivity contribution in [2.24, 2.45) is 0 Å². The molecule has 4 rings (SSSR count). The average Bonchev–Trinajstić information content (AvgIpc) is 2.77. The minimum atomic E-state index is -0.330. The summed E-state index contributed by atoms with van der Waals surface area (Å²) in [4.78, 5) is 21.8. The molecule has 6 heteroatoms. The Morgan fingerprint density at radius 3 is 2.42 bits per heavy atom. The zero-order valence-electron chi connectivity index (χ0n) is 16.9. The van der Waals surface area contributed by atoms with Crippen LogP contribution in [0, 0.1) is 6.92 Å². The molecule has 5 nitrogen and oxygen atoms in total. The van der Waals surface area contributed by atoms with Crippen molar-refractivity contribution in [2.75, 3.05) is 5.32 Å². The second-order valence-corrected chi connectivity index (χ2v) is 7.39. The fourth-order valence-electron chi connectivity index (χ4n) is 3.10. The van der Waals surface area contributed by atoms with Gasteiger partial charge in [-0.3, -0.25) is 4.79 Å². The van der Waals surface area contributed by atoms with Gasteiger partial charge in [-0.2, -0.15) is 0 Å². The lowest BCUT2D eigenvalue weighted by Crippen LogP contribution is -2.16. The molecule has 0 saturated heterocycles. The van der Waals surface area contributed by atoms with Gasteiger partial charge in [0.05, 0.1) is 16.9 Å². The van der Waals surface area contributed by atoms with E-state index in [9.17, 15) is 4.79 Å². The number of amides is 1. The molecule has 0 fully saturated rings. The number of benzene rings is 3. The van der Waals surface area contributed by atoms with Gasteiger partial charge in [0.2, 0.25) is 0 Å². The van der Waals surface area contributed by atoms with Crippen LogP contribution in [0.4, 0.5) is 5.69 Å². The van der Waals surface area contributed by atoms with E-state index >= 15 is 0 Å². The number of aryl methyl sites for hydroxylation is 1. The maximum Gasteiger partial charge on any atom is 0.259 e. The van der Waals surface area contributed by atoms with Crippen LogP contribution in [0.5, 0.6) is 11.5 Å². The predicted molar refractivity (Wildman–Crippen MR) is 122 cm³/mol. The van der Waals surface area contributed by atoms with Gasteiger partial charge in [-0.1, -0.05) is 60.1 Å². The topological polar surface area (TPSA) is 64.1 Å². The normalized spacial score (nSPS) is 10.5. The summed E-state index contributed by atoms with van der Waals surface area (Å²) < 4.78 is 5.91. The Hall–Kier alpha value is -3.70. The molecule has 4 aromatic rings. The summed E-state index contributed by atoms with van der Waals surface area (Å²) >= 11 is 6.15. The standard InChI is InChI=1S/C25H20ClN3O2/c1-17-21(16-27-24(28-17)14-18-8-4-2-5-9-18)25(30)29-22-15-19(26)12-13-23(22)31-20-10-6-3-7-11-20/h2-13,15-16H,14H2,1H3,(H,29,30). The first-order chi connectivity index (χ1) is 15.1. The fraction of sp³-hybridized carbons (Fsp3) is 0.0800. The maximum atomic E-state index is 12.9. The van der Waals surface area contributed by atoms with Gasteiger partial charge in [0.25, 0.3) is 5.91 Å². The first kappa shape index (κ1) is 20.6. The zero-order valence-corrected chi connectivity index (χ0v) is 17.6. The molecule has 0 aliphatic rings. The van der Waals surface area contributed by atoms with Gasteiger partial charge in [-0.25, -0.2) is 9.97 Å². The molecule has 0 aliphatic heterocycles. The Labute approximate surface area is 185 Å². The number of anilines is 1. The number of para-hydroxylation sites is 1. The molecule has 0 atom stereocenters. The van der Waals surface area contributed by atoms with Crippen LogP contribution in [0.1, 0.15) is 27.4 Å². The Morgan fingerprint density at radius 2 is 1.71 bits per heavy atom. The van der Waals surface area contributed by atoms with Crippen molar-refractivity contribution < 1.29 is 9.53 Å². The van der Waals surface area contributed by atoms with Crippen LogP contribution in [-0.4, -0.2) is 15.9 Å². The van der Waals surface area contributed by atoms with E-state index in [4.69, 9.17) is 16.3 Å². The van der Waals surface area contributed by atoms with Crippen LogP contribution in [0.2, 0.25) is 5.02 Å². The van der Waals surface area contributed by atoms with Gasteiger partial charge < -0.3 is 10.1 Å². The van der Waals surface area contributed by atoms with Crippen LogP contribution < -0.4 is 10.1 Å². The predicted octanol–water partition coefficient (Wildman–Crippen LogP) is 6.07. The minimum absolute atomic E-state index is 0.330. The van der Waals surface area contributed by atoms with Gasteiger partial charge >= 0.3 is 0 Å². The molecule has 0 saturated carbocycles. The third-order valence-electron chi connectivity index (χ3n) is 4.64. The largest absolute Gasteiger partial charge is 0.455 e. The summed E-state index contributed by atoms with van der Waals surface area (Å²) in [5.41, 5.74) is 2.57. The number of rotatable bonds is 6. The van der Waals surface area contributed by atoms with E-state index in [0.29, 0.717) is 45.7 Å². The number of nitrogens with one attached hydrogen (secondary N) is 1. The summed E-state index contributed by atoms with van der Waals surface area (Å²) in [5, 5.41) is 3.36. The smallest absolute Gasteiger partial charge is 0.259 e. The molecule has 31 heavy (non-hydrogen) atoms. The van der Waals surface area contributed by atoms with Crippen molar-refractivity contribution in [3.63, 3.8) is 0 Å². The molecule has 1 N–H and O–H groups in total. The van der Waals surface area contributed by atoms with Gasteiger partial charge in [-0.05, 0) is 42.8 Å². The lowest BCUT2D eigenvalue weighted by molar-refractivity contribution is 0.102. The molecule has 1 aromatic heterocycles. The van der Waals surface area contributed by atoms with Crippen molar-refractivity contribution in [2.45, 2.75) is 13.3 Å².